The van der Waals surface area contributed by atoms with Crippen molar-refractivity contribution in [3.8, 4) is 0 Å². The number of piperidine rings is 1. The van der Waals surface area contributed by atoms with Crippen molar-refractivity contribution in [2.24, 2.45) is 29.6 Å². The van der Waals surface area contributed by atoms with Gasteiger partial charge in [0.25, 0.3) is 5.91 Å². The molecule has 3 aromatic rings. The molecule has 0 radical (unpaired) electrons. The number of aryl methyl sites for hydroxylation is 1. The number of carbonyl (C=O) groups excluding carboxylic acids is 2. The second-order valence-corrected chi connectivity index (χ2v) is 11.2. The smallest absolute Gasteiger partial charge is 0.355 e. The van der Waals surface area contributed by atoms with Crippen LogP contribution in [0.15, 0.2) is 30.6 Å². The third kappa shape index (κ3) is 5.25. The van der Waals surface area contributed by atoms with E-state index < -0.39 is 18.0 Å². The van der Waals surface area contributed by atoms with Crippen LogP contribution >= 0.6 is 0 Å². The van der Waals surface area contributed by atoms with Crippen molar-refractivity contribution in [1.29, 1.82) is 0 Å². The third-order valence-electron chi connectivity index (χ3n) is 8.60. The van der Waals surface area contributed by atoms with E-state index in [1.54, 1.807) is 39.8 Å². The van der Waals surface area contributed by atoms with Gasteiger partial charge < -0.3 is 10.6 Å². The van der Waals surface area contributed by atoms with Crippen LogP contribution in [0.5, 0.6) is 0 Å². The lowest BCUT2D eigenvalue weighted by atomic mass is 9.68. The summed E-state index contributed by atoms with van der Waals surface area (Å²) in [6.07, 6.45) is 3.53. The molecule has 0 bridgehead atoms. The van der Waals surface area contributed by atoms with Crippen LogP contribution < -0.4 is 10.6 Å². The van der Waals surface area contributed by atoms with Gasteiger partial charge in [-0.25, -0.2) is 9.50 Å². The molecular weight excluding hydrogens is 511 g/mol. The van der Waals surface area contributed by atoms with Gasteiger partial charge in [-0.2, -0.15) is 23.4 Å². The molecule has 3 fully saturated rings. The van der Waals surface area contributed by atoms with E-state index in [4.69, 9.17) is 4.98 Å². The highest BCUT2D eigenvalue weighted by Crippen LogP contribution is 2.52. The van der Waals surface area contributed by atoms with Crippen LogP contribution in [-0.4, -0.2) is 48.9 Å². The molecule has 2 aliphatic carbocycles. The summed E-state index contributed by atoms with van der Waals surface area (Å²) in [6, 6.07) is 4.86. The van der Waals surface area contributed by atoms with E-state index in [1.165, 1.54) is 12.8 Å². The van der Waals surface area contributed by atoms with Crippen LogP contribution in [0.25, 0.3) is 5.65 Å². The molecule has 0 spiro atoms. The van der Waals surface area contributed by atoms with E-state index >= 15 is 0 Å². The third-order valence-corrected chi connectivity index (χ3v) is 8.60. The fourth-order valence-corrected chi connectivity index (χ4v) is 6.14. The summed E-state index contributed by atoms with van der Waals surface area (Å²) in [7, 11) is 0. The highest BCUT2D eigenvalue weighted by molar-refractivity contribution is 5.92. The minimum Gasteiger partial charge on any atom is -0.355 e. The van der Waals surface area contributed by atoms with E-state index in [-0.39, 0.29) is 43.2 Å². The van der Waals surface area contributed by atoms with Crippen molar-refractivity contribution in [3.05, 3.63) is 47.7 Å². The molecule has 12 heteroatoms. The van der Waals surface area contributed by atoms with Crippen molar-refractivity contribution in [2.45, 2.75) is 64.2 Å². The van der Waals surface area contributed by atoms with E-state index in [0.717, 1.165) is 18.8 Å². The fraction of sp³-hybridized carbons (Fsp3) is 0.593. The lowest BCUT2D eigenvalue weighted by Crippen LogP contribution is -2.47. The monoisotopic (exact) mass is 543 g/mol. The average Bonchev–Trinajstić information content (AvgIpc) is 3.42. The number of hydrogen-bond acceptors (Lipinski definition) is 5. The number of alkyl halides is 3. The van der Waals surface area contributed by atoms with Crippen molar-refractivity contribution in [3.63, 3.8) is 0 Å². The normalized spacial score (nSPS) is 26.2. The molecule has 6 rings (SSSR count). The molecule has 0 aromatic carbocycles. The van der Waals surface area contributed by atoms with Crippen LogP contribution in [0.4, 0.5) is 13.2 Å². The Morgan fingerprint density at radius 1 is 1.18 bits per heavy atom. The van der Waals surface area contributed by atoms with E-state index in [9.17, 15) is 22.8 Å². The van der Waals surface area contributed by atoms with Crippen LogP contribution in [0, 0.1) is 29.6 Å². The van der Waals surface area contributed by atoms with Gasteiger partial charge in [-0.15, -0.1) is 0 Å². The summed E-state index contributed by atoms with van der Waals surface area (Å²) in [4.78, 5) is 30.3. The van der Waals surface area contributed by atoms with Gasteiger partial charge in [0.2, 0.25) is 5.91 Å². The zero-order valence-corrected chi connectivity index (χ0v) is 21.7. The van der Waals surface area contributed by atoms with Crippen LogP contribution in [0.1, 0.15) is 66.9 Å². The Bertz CT molecular complexity index is 1370. The summed E-state index contributed by atoms with van der Waals surface area (Å²) in [6.45, 7) is 2.13. The molecule has 1 aliphatic heterocycles. The molecule has 2 saturated carbocycles. The van der Waals surface area contributed by atoms with Gasteiger partial charge in [0.15, 0.2) is 5.65 Å². The minimum atomic E-state index is -4.35. The lowest BCUT2D eigenvalue weighted by Gasteiger charge is -2.40. The summed E-state index contributed by atoms with van der Waals surface area (Å²) >= 11 is 0. The molecule has 3 atom stereocenters. The van der Waals surface area contributed by atoms with Crippen molar-refractivity contribution in [2.75, 3.05) is 6.54 Å². The number of aromatic nitrogens is 5. The minimum absolute atomic E-state index is 0.106. The summed E-state index contributed by atoms with van der Waals surface area (Å²) in [5.41, 5.74) is 2.28. The molecule has 39 heavy (non-hydrogen) atoms. The van der Waals surface area contributed by atoms with Crippen molar-refractivity contribution in [1.82, 2.24) is 35.0 Å². The molecule has 2 N–H and O–H groups in total. The van der Waals surface area contributed by atoms with Gasteiger partial charge in [0.05, 0.1) is 29.5 Å². The predicted octanol–water partition coefficient (Wildman–Crippen LogP) is 3.71. The lowest BCUT2D eigenvalue weighted by molar-refractivity contribution is -0.183. The van der Waals surface area contributed by atoms with E-state index in [0.29, 0.717) is 35.2 Å². The molecule has 1 saturated heterocycles. The van der Waals surface area contributed by atoms with Gasteiger partial charge >= 0.3 is 6.18 Å². The number of amides is 2. The number of imidazole rings is 1. The Kier molecular flexibility index (Phi) is 6.58. The average molecular weight is 544 g/mol. The number of carbonyl (C=O) groups is 2. The number of fused-ring (bicyclic) bond motifs is 1. The van der Waals surface area contributed by atoms with Gasteiger partial charge in [-0.3, -0.25) is 14.3 Å². The first kappa shape index (κ1) is 25.8. The Morgan fingerprint density at radius 3 is 2.69 bits per heavy atom. The highest BCUT2D eigenvalue weighted by Gasteiger charge is 2.46. The maximum atomic E-state index is 13.2. The molecule has 3 aromatic heterocycles. The standard InChI is InChI=1S/C27H32F3N7O2/c1-2-36-22(7-8-32-36)26(39)34-24(17-9-16(10-17)15-3-4-15)21-14-37-23(33-21)6-5-20(35-37)12-18-11-19(27(28,29)30)13-31-25(18)38/h5-8,14-19,24H,2-4,9-13H2,1H3,(H,31,38)(H,34,39)/t16?,17?,18?,19-,24+/m1/s1. The highest BCUT2D eigenvalue weighted by atomic mass is 19.4. The van der Waals surface area contributed by atoms with Gasteiger partial charge in [0.1, 0.15) is 5.69 Å². The molecular formula is C27H32F3N7O2. The first-order valence-corrected chi connectivity index (χ1v) is 13.7. The topological polar surface area (TPSA) is 106 Å². The molecule has 208 valence electrons. The van der Waals surface area contributed by atoms with Crippen LogP contribution in [-0.2, 0) is 17.8 Å². The fourth-order valence-electron chi connectivity index (χ4n) is 6.14. The number of hydrogen-bond donors (Lipinski definition) is 2. The molecule has 3 aliphatic rings. The Labute approximate surface area is 223 Å². The zero-order chi connectivity index (χ0) is 27.3. The first-order valence-electron chi connectivity index (χ1n) is 13.7. The Morgan fingerprint density at radius 2 is 1.97 bits per heavy atom. The SMILES string of the molecule is CCn1nccc1C(=O)N[C@H](c1cn2nc(CC3C[C@@H](C(F)(F)F)CNC3=O)ccc2n1)C1CC(C2CC2)C1. The Balaban J connectivity index is 1.22. The van der Waals surface area contributed by atoms with Crippen LogP contribution in [0.2, 0.25) is 0 Å². The van der Waals surface area contributed by atoms with Gasteiger partial charge in [0, 0.05) is 31.6 Å². The van der Waals surface area contributed by atoms with Crippen molar-refractivity contribution >= 4 is 17.5 Å². The molecule has 9 nitrogen and oxygen atoms in total. The number of rotatable bonds is 8. The predicted molar refractivity (Wildman–Crippen MR) is 134 cm³/mol. The van der Waals surface area contributed by atoms with E-state index in [1.807, 2.05) is 6.92 Å². The maximum Gasteiger partial charge on any atom is 0.393 e. The van der Waals surface area contributed by atoms with Gasteiger partial charge in [-0.05, 0) is 75.0 Å². The second-order valence-electron chi connectivity index (χ2n) is 11.2. The summed E-state index contributed by atoms with van der Waals surface area (Å²) in [5.74, 6) is -1.19. The number of nitrogens with zero attached hydrogens (tertiary/aromatic N) is 5. The Hall–Kier alpha value is -3.44. The number of nitrogens with one attached hydrogen (secondary N) is 2. The molecule has 2 amide bonds. The quantitative estimate of drug-likeness (QED) is 0.451. The molecule has 4 heterocycles. The summed E-state index contributed by atoms with van der Waals surface area (Å²) < 4.78 is 43.0. The maximum absolute atomic E-state index is 13.2. The van der Waals surface area contributed by atoms with Gasteiger partial charge in [-0.1, -0.05) is 0 Å². The van der Waals surface area contributed by atoms with Crippen molar-refractivity contribution < 1.29 is 22.8 Å². The van der Waals surface area contributed by atoms with E-state index in [2.05, 4.69) is 20.8 Å². The first-order chi connectivity index (χ1) is 18.7. The summed E-state index contributed by atoms with van der Waals surface area (Å²) in [5, 5.41) is 14.4. The van der Waals surface area contributed by atoms with Crippen LogP contribution in [0.3, 0.4) is 0 Å². The zero-order valence-electron chi connectivity index (χ0n) is 21.7. The second kappa shape index (κ2) is 9.95. The molecule has 1 unspecified atom stereocenters. The largest absolute Gasteiger partial charge is 0.393 e. The number of halogens is 3.